The summed E-state index contributed by atoms with van der Waals surface area (Å²) in [6.07, 6.45) is 0. The summed E-state index contributed by atoms with van der Waals surface area (Å²) in [6.45, 7) is 2.01. The molecule has 1 amide bonds. The molecular formula is C16H23ClFN3O5S. The van der Waals surface area contributed by atoms with Gasteiger partial charge in [0.25, 0.3) is 0 Å². The summed E-state index contributed by atoms with van der Waals surface area (Å²) < 4.78 is 39.6. The molecule has 27 heavy (non-hydrogen) atoms. The van der Waals surface area contributed by atoms with Crippen LogP contribution in [0.2, 0.25) is 0 Å². The second-order valence-corrected chi connectivity index (χ2v) is 8.11. The molecule has 1 aliphatic heterocycles. The van der Waals surface area contributed by atoms with Crippen LogP contribution in [0.4, 0.5) is 4.39 Å². The van der Waals surface area contributed by atoms with Crippen LogP contribution < -0.4 is 0 Å². The number of benzene rings is 1. The van der Waals surface area contributed by atoms with Gasteiger partial charge in [-0.3, -0.25) is 14.5 Å². The second-order valence-electron chi connectivity index (χ2n) is 6.17. The molecule has 8 nitrogen and oxygen atoms in total. The number of halogens is 2. The maximum Gasteiger partial charge on any atom is 0.320 e. The van der Waals surface area contributed by atoms with E-state index < -0.39 is 27.9 Å². The van der Waals surface area contributed by atoms with Gasteiger partial charge in [0.15, 0.2) is 0 Å². The zero-order valence-electron chi connectivity index (χ0n) is 15.0. The van der Waals surface area contributed by atoms with Gasteiger partial charge in [-0.15, -0.1) is 12.4 Å². The average molecular weight is 424 g/mol. The standard InChI is InChI=1S/C16H22FN3O5S.ClH/c1-12(16(22)23)18(2)11-15(21)19-6-8-20(9-7-19)26(24,25)14-5-3-4-13(17)10-14;/h3-5,10,12H,6-9,11H2,1-2H3,(H,22,23);1H. The smallest absolute Gasteiger partial charge is 0.320 e. The first-order chi connectivity index (χ1) is 12.1. The molecule has 1 saturated heterocycles. The number of carboxylic acid groups (broad SMARTS) is 1. The Morgan fingerprint density at radius 2 is 1.85 bits per heavy atom. The fourth-order valence-electron chi connectivity index (χ4n) is 2.59. The van der Waals surface area contributed by atoms with E-state index in [0.717, 1.165) is 6.07 Å². The van der Waals surface area contributed by atoms with Gasteiger partial charge in [-0.25, -0.2) is 12.8 Å². The molecule has 2 rings (SSSR count). The van der Waals surface area contributed by atoms with Crippen molar-refractivity contribution in [2.75, 3.05) is 39.8 Å². The predicted octanol–water partition coefficient (Wildman–Crippen LogP) is 0.485. The molecule has 1 atom stereocenters. The van der Waals surface area contributed by atoms with E-state index in [4.69, 9.17) is 5.11 Å². The number of carboxylic acids is 1. The van der Waals surface area contributed by atoms with Crippen molar-refractivity contribution in [1.82, 2.24) is 14.1 Å². The van der Waals surface area contributed by atoms with Crippen molar-refractivity contribution in [3.8, 4) is 0 Å². The quantitative estimate of drug-likeness (QED) is 0.714. The highest BCUT2D eigenvalue weighted by atomic mass is 35.5. The number of sulfonamides is 1. The third-order valence-electron chi connectivity index (χ3n) is 4.43. The van der Waals surface area contributed by atoms with Crippen molar-refractivity contribution in [1.29, 1.82) is 0 Å². The van der Waals surface area contributed by atoms with Gasteiger partial charge in [0, 0.05) is 26.2 Å². The van der Waals surface area contributed by atoms with E-state index in [-0.39, 0.29) is 55.9 Å². The minimum atomic E-state index is -3.81. The van der Waals surface area contributed by atoms with Crippen LogP contribution in [0.3, 0.4) is 0 Å². The molecule has 1 fully saturated rings. The zero-order chi connectivity index (χ0) is 19.5. The molecule has 1 heterocycles. The lowest BCUT2D eigenvalue weighted by atomic mass is 10.3. The summed E-state index contributed by atoms with van der Waals surface area (Å²) in [5.41, 5.74) is 0. The minimum absolute atomic E-state index is 0. The Kier molecular flexibility index (Phi) is 8.15. The highest BCUT2D eigenvalue weighted by Crippen LogP contribution is 2.18. The number of hydrogen-bond donors (Lipinski definition) is 1. The minimum Gasteiger partial charge on any atom is -0.480 e. The van der Waals surface area contributed by atoms with Gasteiger partial charge < -0.3 is 10.0 Å². The topological polar surface area (TPSA) is 98.2 Å². The Morgan fingerprint density at radius 3 is 2.37 bits per heavy atom. The number of nitrogens with zero attached hydrogens (tertiary/aromatic N) is 3. The van der Waals surface area contributed by atoms with E-state index in [9.17, 15) is 22.4 Å². The molecule has 0 spiro atoms. The molecule has 11 heteroatoms. The predicted molar refractivity (Wildman–Crippen MR) is 98.7 cm³/mol. The van der Waals surface area contributed by atoms with Crippen molar-refractivity contribution < 1.29 is 27.5 Å². The number of carbonyl (C=O) groups is 2. The van der Waals surface area contributed by atoms with E-state index in [1.165, 1.54) is 39.2 Å². The van der Waals surface area contributed by atoms with E-state index in [1.54, 1.807) is 7.05 Å². The van der Waals surface area contributed by atoms with Crippen LogP contribution >= 0.6 is 12.4 Å². The lowest BCUT2D eigenvalue weighted by Crippen LogP contribution is -2.53. The number of aliphatic carboxylic acids is 1. The van der Waals surface area contributed by atoms with E-state index >= 15 is 0 Å². The maximum atomic E-state index is 13.3. The van der Waals surface area contributed by atoms with Crippen LogP contribution in [0.25, 0.3) is 0 Å². The highest BCUT2D eigenvalue weighted by molar-refractivity contribution is 7.89. The van der Waals surface area contributed by atoms with Crippen molar-refractivity contribution in [2.45, 2.75) is 17.9 Å². The van der Waals surface area contributed by atoms with Crippen LogP contribution in [0, 0.1) is 5.82 Å². The first kappa shape index (κ1) is 23.3. The molecule has 1 aromatic carbocycles. The molecule has 1 N–H and O–H groups in total. The zero-order valence-corrected chi connectivity index (χ0v) is 16.7. The Balaban J connectivity index is 0.00000364. The highest BCUT2D eigenvalue weighted by Gasteiger charge is 2.31. The third-order valence-corrected chi connectivity index (χ3v) is 6.32. The van der Waals surface area contributed by atoms with Gasteiger partial charge in [0.2, 0.25) is 15.9 Å². The van der Waals surface area contributed by atoms with Crippen molar-refractivity contribution in [2.24, 2.45) is 0 Å². The number of rotatable bonds is 6. The Morgan fingerprint density at radius 1 is 1.26 bits per heavy atom. The summed E-state index contributed by atoms with van der Waals surface area (Å²) >= 11 is 0. The first-order valence-electron chi connectivity index (χ1n) is 8.09. The van der Waals surface area contributed by atoms with Crippen LogP contribution in [-0.2, 0) is 19.6 Å². The summed E-state index contributed by atoms with van der Waals surface area (Å²) in [5.74, 6) is -1.91. The fourth-order valence-corrected chi connectivity index (χ4v) is 4.05. The third kappa shape index (κ3) is 5.61. The van der Waals surface area contributed by atoms with Gasteiger partial charge in [-0.05, 0) is 32.2 Å². The van der Waals surface area contributed by atoms with E-state index in [0.29, 0.717) is 0 Å². The molecule has 152 valence electrons. The van der Waals surface area contributed by atoms with Gasteiger partial charge in [0.1, 0.15) is 11.9 Å². The Labute approximate surface area is 164 Å². The van der Waals surface area contributed by atoms with E-state index in [2.05, 4.69) is 0 Å². The maximum absolute atomic E-state index is 13.3. The fraction of sp³-hybridized carbons (Fsp3) is 0.500. The summed E-state index contributed by atoms with van der Waals surface area (Å²) in [5, 5.41) is 8.96. The Bertz CT molecular complexity index is 784. The molecule has 0 aliphatic carbocycles. The summed E-state index contributed by atoms with van der Waals surface area (Å²) in [4.78, 5) is 26.0. The number of amides is 1. The largest absolute Gasteiger partial charge is 0.480 e. The lowest BCUT2D eigenvalue weighted by Gasteiger charge is -2.35. The van der Waals surface area contributed by atoms with Crippen LogP contribution in [0.15, 0.2) is 29.2 Å². The first-order valence-corrected chi connectivity index (χ1v) is 9.53. The van der Waals surface area contributed by atoms with Crippen molar-refractivity contribution in [3.05, 3.63) is 30.1 Å². The molecule has 1 aliphatic rings. The average Bonchev–Trinajstić information content (AvgIpc) is 2.60. The Hall–Kier alpha value is -1.75. The SMILES string of the molecule is CC(C(=O)O)N(C)CC(=O)N1CCN(S(=O)(=O)c2cccc(F)c2)CC1.Cl. The van der Waals surface area contributed by atoms with Crippen LogP contribution in [-0.4, -0.2) is 85.3 Å². The molecule has 0 bridgehead atoms. The summed E-state index contributed by atoms with van der Waals surface area (Å²) in [6, 6.07) is 4.01. The molecule has 0 radical (unpaired) electrons. The second kappa shape index (κ2) is 9.45. The number of piperazine rings is 1. The van der Waals surface area contributed by atoms with Crippen LogP contribution in [0.5, 0.6) is 0 Å². The number of carbonyl (C=O) groups excluding carboxylic acids is 1. The van der Waals surface area contributed by atoms with E-state index in [1.807, 2.05) is 0 Å². The normalized spacial score (nSPS) is 16.7. The van der Waals surface area contributed by atoms with Crippen molar-refractivity contribution >= 4 is 34.3 Å². The van der Waals surface area contributed by atoms with Gasteiger partial charge in [-0.2, -0.15) is 4.31 Å². The van der Waals surface area contributed by atoms with Gasteiger partial charge >= 0.3 is 5.97 Å². The molecule has 0 saturated carbocycles. The number of likely N-dealkylation sites (N-methyl/N-ethyl adjacent to an activating group) is 1. The number of hydrogen-bond acceptors (Lipinski definition) is 5. The molecule has 0 aromatic heterocycles. The van der Waals surface area contributed by atoms with Crippen LogP contribution in [0.1, 0.15) is 6.92 Å². The van der Waals surface area contributed by atoms with Gasteiger partial charge in [-0.1, -0.05) is 6.07 Å². The lowest BCUT2D eigenvalue weighted by molar-refractivity contribution is -0.143. The molecule has 1 unspecified atom stereocenters. The molecular weight excluding hydrogens is 401 g/mol. The molecule has 1 aromatic rings. The summed E-state index contributed by atoms with van der Waals surface area (Å²) in [7, 11) is -2.27. The monoisotopic (exact) mass is 423 g/mol. The van der Waals surface area contributed by atoms with Gasteiger partial charge in [0.05, 0.1) is 11.4 Å². The van der Waals surface area contributed by atoms with Crippen molar-refractivity contribution in [3.63, 3.8) is 0 Å².